The van der Waals surface area contributed by atoms with Crippen LogP contribution in [0.3, 0.4) is 0 Å². The van der Waals surface area contributed by atoms with Crippen LogP contribution in [0, 0.1) is 10.1 Å². The normalized spacial score (nSPS) is 9.50. The van der Waals surface area contributed by atoms with Crippen LogP contribution in [0.4, 0.5) is 11.4 Å². The van der Waals surface area contributed by atoms with Crippen molar-refractivity contribution >= 4 is 23.1 Å². The summed E-state index contributed by atoms with van der Waals surface area (Å²) >= 11 is 1.43. The van der Waals surface area contributed by atoms with Crippen molar-refractivity contribution in [3.8, 4) is 0 Å². The molecule has 0 heterocycles. The van der Waals surface area contributed by atoms with E-state index in [0.29, 0.717) is 12.2 Å². The average Bonchev–Trinajstić information content (AvgIpc) is 2.27. The molecule has 0 aliphatic carbocycles. The van der Waals surface area contributed by atoms with Gasteiger partial charge in [-0.3, -0.25) is 10.1 Å². The number of non-ortho nitro benzene ring substituents is 1. The largest absolute Gasteiger partial charge is 0.380 e. The molecule has 0 spiro atoms. The van der Waals surface area contributed by atoms with Gasteiger partial charge in [-0.05, 0) is 11.5 Å². The lowest BCUT2D eigenvalue weighted by Gasteiger charge is -2.06. The van der Waals surface area contributed by atoms with E-state index in [1.165, 1.54) is 23.9 Å². The summed E-state index contributed by atoms with van der Waals surface area (Å²) in [6.07, 6.45) is 0. The highest BCUT2D eigenvalue weighted by Gasteiger charge is 2.04. The fraction of sp³-hybridized carbons (Fsp3) is 0.0909. The van der Waals surface area contributed by atoms with E-state index in [9.17, 15) is 10.1 Å². The van der Waals surface area contributed by atoms with Gasteiger partial charge in [0.15, 0.2) is 0 Å². The first-order valence-electron chi connectivity index (χ1n) is 4.57. The molecule has 0 aromatic heterocycles. The zero-order valence-corrected chi connectivity index (χ0v) is 9.50. The SMILES string of the molecule is C=CSC(=C)CNc1cccc([N+](=O)[O-])c1. The molecule has 0 bridgehead atoms. The molecule has 0 saturated heterocycles. The molecule has 1 N–H and O–H groups in total. The molecule has 0 aliphatic rings. The van der Waals surface area contributed by atoms with Crippen molar-refractivity contribution in [2.75, 3.05) is 11.9 Å². The molecule has 1 rings (SSSR count). The van der Waals surface area contributed by atoms with Gasteiger partial charge in [0.2, 0.25) is 0 Å². The number of nitrogens with zero attached hydrogens (tertiary/aromatic N) is 1. The fourth-order valence-electron chi connectivity index (χ4n) is 1.09. The van der Waals surface area contributed by atoms with Gasteiger partial charge in [0.1, 0.15) is 0 Å². The smallest absolute Gasteiger partial charge is 0.271 e. The monoisotopic (exact) mass is 236 g/mol. The quantitative estimate of drug-likeness (QED) is 0.607. The van der Waals surface area contributed by atoms with Gasteiger partial charge in [-0.15, -0.1) is 11.8 Å². The topological polar surface area (TPSA) is 55.2 Å². The van der Waals surface area contributed by atoms with Gasteiger partial charge in [0.25, 0.3) is 5.69 Å². The Hall–Kier alpha value is -1.75. The number of nitro benzene ring substituents is 1. The Morgan fingerprint density at radius 1 is 1.62 bits per heavy atom. The second-order valence-electron chi connectivity index (χ2n) is 2.98. The van der Waals surface area contributed by atoms with Gasteiger partial charge in [-0.2, -0.15) is 0 Å². The number of hydrogen-bond donors (Lipinski definition) is 1. The van der Waals surface area contributed by atoms with Crippen LogP contribution in [0.5, 0.6) is 0 Å². The van der Waals surface area contributed by atoms with Crippen LogP contribution in [-0.2, 0) is 0 Å². The molecule has 16 heavy (non-hydrogen) atoms. The Bertz CT molecular complexity index is 418. The molecule has 0 aliphatic heterocycles. The molecular formula is C11H12N2O2S. The van der Waals surface area contributed by atoms with E-state index in [1.54, 1.807) is 17.5 Å². The zero-order chi connectivity index (χ0) is 12.0. The van der Waals surface area contributed by atoms with Gasteiger partial charge in [0.05, 0.1) is 4.92 Å². The predicted octanol–water partition coefficient (Wildman–Crippen LogP) is 3.40. The molecule has 0 radical (unpaired) electrons. The minimum Gasteiger partial charge on any atom is -0.380 e. The van der Waals surface area contributed by atoms with Crippen molar-refractivity contribution in [3.05, 3.63) is 57.9 Å². The van der Waals surface area contributed by atoms with E-state index in [4.69, 9.17) is 0 Å². The number of anilines is 1. The molecule has 0 saturated carbocycles. The molecule has 0 fully saturated rings. The van der Waals surface area contributed by atoms with E-state index >= 15 is 0 Å². The summed E-state index contributed by atoms with van der Waals surface area (Å²) in [5.74, 6) is 0. The highest BCUT2D eigenvalue weighted by molar-refractivity contribution is 8.05. The highest BCUT2D eigenvalue weighted by atomic mass is 32.2. The fourth-order valence-corrected chi connectivity index (χ4v) is 1.48. The molecule has 0 unspecified atom stereocenters. The van der Waals surface area contributed by atoms with Gasteiger partial charge in [-0.25, -0.2) is 0 Å². The summed E-state index contributed by atoms with van der Waals surface area (Å²) in [4.78, 5) is 11.0. The van der Waals surface area contributed by atoms with E-state index < -0.39 is 4.92 Å². The number of benzene rings is 1. The van der Waals surface area contributed by atoms with Crippen molar-refractivity contribution in [3.63, 3.8) is 0 Å². The van der Waals surface area contributed by atoms with Crippen molar-refractivity contribution in [2.45, 2.75) is 0 Å². The Morgan fingerprint density at radius 2 is 2.38 bits per heavy atom. The van der Waals surface area contributed by atoms with Crippen LogP contribution >= 0.6 is 11.8 Å². The first-order valence-corrected chi connectivity index (χ1v) is 5.45. The Morgan fingerprint density at radius 3 is 3.00 bits per heavy atom. The van der Waals surface area contributed by atoms with E-state index in [2.05, 4.69) is 18.5 Å². The van der Waals surface area contributed by atoms with Gasteiger partial charge >= 0.3 is 0 Å². The lowest BCUT2D eigenvalue weighted by Crippen LogP contribution is -2.01. The third kappa shape index (κ3) is 3.78. The molecule has 1 aromatic rings. The Labute approximate surface area is 98.2 Å². The molecule has 4 nitrogen and oxygen atoms in total. The van der Waals surface area contributed by atoms with Crippen LogP contribution in [-0.4, -0.2) is 11.5 Å². The maximum atomic E-state index is 10.5. The standard InChI is InChI=1S/C11H12N2O2S/c1-3-16-9(2)8-12-10-5-4-6-11(7-10)13(14)15/h3-7,12H,1-2,8H2. The number of hydrogen-bond acceptors (Lipinski definition) is 4. The summed E-state index contributed by atoms with van der Waals surface area (Å²) < 4.78 is 0. The summed E-state index contributed by atoms with van der Waals surface area (Å²) in [6.45, 7) is 7.94. The average molecular weight is 236 g/mol. The summed E-state index contributed by atoms with van der Waals surface area (Å²) in [7, 11) is 0. The Balaban J connectivity index is 2.60. The van der Waals surface area contributed by atoms with E-state index in [0.717, 1.165) is 4.91 Å². The second-order valence-corrected chi connectivity index (χ2v) is 4.13. The lowest BCUT2D eigenvalue weighted by molar-refractivity contribution is -0.384. The first kappa shape index (κ1) is 12.3. The lowest BCUT2D eigenvalue weighted by atomic mass is 10.3. The number of nitrogens with one attached hydrogen (secondary N) is 1. The predicted molar refractivity (Wildman–Crippen MR) is 68.5 cm³/mol. The van der Waals surface area contributed by atoms with Crippen molar-refractivity contribution in [1.29, 1.82) is 0 Å². The molecule has 1 aromatic carbocycles. The zero-order valence-electron chi connectivity index (χ0n) is 8.68. The van der Waals surface area contributed by atoms with Crippen LogP contribution in [0.2, 0.25) is 0 Å². The molecular weight excluding hydrogens is 224 g/mol. The second kappa shape index (κ2) is 5.97. The maximum absolute atomic E-state index is 10.5. The van der Waals surface area contributed by atoms with Gasteiger partial charge in [-0.1, -0.05) is 19.2 Å². The molecule has 5 heteroatoms. The van der Waals surface area contributed by atoms with E-state index in [1.807, 2.05) is 0 Å². The summed E-state index contributed by atoms with van der Waals surface area (Å²) in [5, 5.41) is 15.3. The first-order chi connectivity index (χ1) is 7.63. The van der Waals surface area contributed by atoms with Gasteiger partial charge in [0, 0.05) is 29.3 Å². The molecule has 84 valence electrons. The van der Waals surface area contributed by atoms with Crippen molar-refractivity contribution in [1.82, 2.24) is 0 Å². The minimum absolute atomic E-state index is 0.0759. The Kier molecular flexibility index (Phi) is 4.60. The van der Waals surface area contributed by atoms with Crippen molar-refractivity contribution in [2.24, 2.45) is 0 Å². The molecule has 0 atom stereocenters. The number of nitro groups is 1. The number of rotatable bonds is 6. The van der Waals surface area contributed by atoms with Crippen LogP contribution in [0.1, 0.15) is 0 Å². The van der Waals surface area contributed by atoms with Crippen LogP contribution in [0.25, 0.3) is 0 Å². The van der Waals surface area contributed by atoms with Gasteiger partial charge < -0.3 is 5.32 Å². The highest BCUT2D eigenvalue weighted by Crippen LogP contribution is 2.19. The summed E-state index contributed by atoms with van der Waals surface area (Å²) in [6, 6.07) is 6.37. The maximum Gasteiger partial charge on any atom is 0.271 e. The van der Waals surface area contributed by atoms with Crippen LogP contribution < -0.4 is 5.32 Å². The van der Waals surface area contributed by atoms with Crippen molar-refractivity contribution < 1.29 is 4.92 Å². The summed E-state index contributed by atoms with van der Waals surface area (Å²) in [5.41, 5.74) is 0.784. The van der Waals surface area contributed by atoms with E-state index in [-0.39, 0.29) is 5.69 Å². The number of thioether (sulfide) groups is 1. The minimum atomic E-state index is -0.418. The third-order valence-electron chi connectivity index (χ3n) is 1.80. The third-order valence-corrected chi connectivity index (χ3v) is 2.44. The molecule has 0 amide bonds. The van der Waals surface area contributed by atoms with Crippen LogP contribution in [0.15, 0.2) is 47.7 Å².